The summed E-state index contributed by atoms with van der Waals surface area (Å²) in [7, 11) is -0.322. The van der Waals surface area contributed by atoms with E-state index in [1.165, 1.54) is 19.1 Å². The van der Waals surface area contributed by atoms with E-state index in [0.29, 0.717) is 17.7 Å². The van der Waals surface area contributed by atoms with Crippen LogP contribution < -0.4 is 14.8 Å². The molecule has 0 radical (unpaired) electrons. The van der Waals surface area contributed by atoms with Gasteiger partial charge < -0.3 is 19.5 Å². The maximum Gasteiger partial charge on any atom is 0.344 e. The molecule has 3 aliphatic rings. The van der Waals surface area contributed by atoms with E-state index < -0.39 is 40.0 Å². The molecule has 0 saturated carbocycles. The molecule has 0 unspecified atom stereocenters. The van der Waals surface area contributed by atoms with Gasteiger partial charge in [-0.25, -0.2) is 13.2 Å². The summed E-state index contributed by atoms with van der Waals surface area (Å²) in [6, 6.07) is 1.86. The van der Waals surface area contributed by atoms with Crippen LogP contribution in [0.25, 0.3) is 0 Å². The van der Waals surface area contributed by atoms with Crippen LogP contribution in [0, 0.1) is 0 Å². The van der Waals surface area contributed by atoms with Crippen LogP contribution in [-0.2, 0) is 24.2 Å². The number of ether oxygens (including phenoxy) is 3. The molecule has 2 amide bonds. The molecule has 162 valence electrons. The minimum absolute atomic E-state index is 0.0283. The zero-order valence-corrected chi connectivity index (χ0v) is 17.4. The van der Waals surface area contributed by atoms with Crippen LogP contribution in [0.15, 0.2) is 12.1 Å². The van der Waals surface area contributed by atoms with Gasteiger partial charge >= 0.3 is 5.97 Å². The Bertz CT molecular complexity index is 1020. The molecule has 0 aromatic heterocycles. The number of hydrogen-bond donors (Lipinski definition) is 1. The minimum Gasteiger partial charge on any atom is -0.493 e. The van der Waals surface area contributed by atoms with Gasteiger partial charge in [0.15, 0.2) is 21.3 Å². The number of benzene rings is 1. The summed E-state index contributed by atoms with van der Waals surface area (Å²) >= 11 is 0. The van der Waals surface area contributed by atoms with Crippen LogP contribution >= 0.6 is 0 Å². The molecule has 30 heavy (non-hydrogen) atoms. The standard InChI is InChI=1S/C19H22N2O8S/c1-27-13-5-3-11-15(16(13)28-2)19(24)29-18(11)21-12(4-6-14(21)22)17(23)20-10-7-8-30(25,26)9-10/h3,5,10,12,18H,4,6-9H2,1-2H3,(H,20,23)/t10-,12-,18+/m1/s1. The van der Waals surface area contributed by atoms with E-state index in [1.54, 1.807) is 12.1 Å². The number of fused-ring (bicyclic) bond motifs is 1. The van der Waals surface area contributed by atoms with Gasteiger partial charge in [0, 0.05) is 18.0 Å². The largest absolute Gasteiger partial charge is 0.493 e. The summed E-state index contributed by atoms with van der Waals surface area (Å²) < 4.78 is 39.3. The lowest BCUT2D eigenvalue weighted by Gasteiger charge is -2.29. The maximum atomic E-state index is 12.9. The lowest BCUT2D eigenvalue weighted by molar-refractivity contribution is -0.145. The Hall–Kier alpha value is -2.82. The van der Waals surface area contributed by atoms with Gasteiger partial charge in [-0.05, 0) is 25.0 Å². The van der Waals surface area contributed by atoms with Gasteiger partial charge in [0.2, 0.25) is 18.0 Å². The van der Waals surface area contributed by atoms with Crippen LogP contribution in [0.4, 0.5) is 0 Å². The van der Waals surface area contributed by atoms with E-state index in [0.717, 1.165) is 0 Å². The van der Waals surface area contributed by atoms with Crippen LogP contribution in [0.1, 0.15) is 41.4 Å². The number of amides is 2. The van der Waals surface area contributed by atoms with Crippen LogP contribution in [0.2, 0.25) is 0 Å². The third kappa shape index (κ3) is 3.36. The molecule has 2 fully saturated rings. The first-order valence-corrected chi connectivity index (χ1v) is 11.4. The third-order valence-electron chi connectivity index (χ3n) is 5.66. The maximum absolute atomic E-state index is 12.9. The minimum atomic E-state index is -3.16. The molecular formula is C19H22N2O8S. The molecule has 3 atom stereocenters. The van der Waals surface area contributed by atoms with E-state index in [4.69, 9.17) is 14.2 Å². The first-order chi connectivity index (χ1) is 14.3. The number of likely N-dealkylation sites (tertiary alicyclic amines) is 1. The number of rotatable bonds is 5. The van der Waals surface area contributed by atoms with E-state index in [1.807, 2.05) is 0 Å². The molecule has 0 aliphatic carbocycles. The summed E-state index contributed by atoms with van der Waals surface area (Å²) in [6.45, 7) is 0. The fourth-order valence-electron chi connectivity index (χ4n) is 4.25. The van der Waals surface area contributed by atoms with Gasteiger partial charge in [-0.15, -0.1) is 0 Å². The first kappa shape index (κ1) is 20.5. The predicted octanol–water partition coefficient (Wildman–Crippen LogP) is 0.167. The molecule has 4 rings (SSSR count). The van der Waals surface area contributed by atoms with Gasteiger partial charge in [-0.2, -0.15) is 0 Å². The van der Waals surface area contributed by atoms with Gasteiger partial charge in [-0.3, -0.25) is 14.5 Å². The number of carbonyl (C=O) groups excluding carboxylic acids is 3. The number of methoxy groups -OCH3 is 2. The Morgan fingerprint density at radius 2 is 1.97 bits per heavy atom. The van der Waals surface area contributed by atoms with Crippen molar-refractivity contribution in [2.24, 2.45) is 0 Å². The van der Waals surface area contributed by atoms with Crippen molar-refractivity contribution in [2.75, 3.05) is 25.7 Å². The fourth-order valence-corrected chi connectivity index (χ4v) is 5.92. The molecule has 1 N–H and O–H groups in total. The normalized spacial score (nSPS) is 27.0. The highest BCUT2D eigenvalue weighted by molar-refractivity contribution is 7.91. The van der Waals surface area contributed by atoms with Gasteiger partial charge in [0.05, 0.1) is 25.7 Å². The summed E-state index contributed by atoms with van der Waals surface area (Å²) in [6.07, 6.45) is -0.351. The quantitative estimate of drug-likeness (QED) is 0.644. The lowest BCUT2D eigenvalue weighted by Crippen LogP contribution is -2.49. The number of cyclic esters (lactones) is 1. The van der Waals surface area contributed by atoms with Crippen molar-refractivity contribution in [2.45, 2.75) is 37.6 Å². The highest BCUT2D eigenvalue weighted by Crippen LogP contribution is 2.45. The number of hydrogen-bond acceptors (Lipinski definition) is 8. The SMILES string of the molecule is COc1ccc2c(c1OC)C(=O)O[C@@H]2N1C(=O)CC[C@@H]1C(=O)N[C@@H]1CCS(=O)(=O)C1. The predicted molar refractivity (Wildman–Crippen MR) is 103 cm³/mol. The smallest absolute Gasteiger partial charge is 0.344 e. The topological polar surface area (TPSA) is 128 Å². The lowest BCUT2D eigenvalue weighted by atomic mass is 10.0. The van der Waals surface area contributed by atoms with Crippen molar-refractivity contribution in [1.82, 2.24) is 10.2 Å². The van der Waals surface area contributed by atoms with E-state index >= 15 is 0 Å². The molecule has 10 nitrogen and oxygen atoms in total. The number of nitrogens with zero attached hydrogens (tertiary/aromatic N) is 1. The van der Waals surface area contributed by atoms with Crippen molar-refractivity contribution in [3.63, 3.8) is 0 Å². The van der Waals surface area contributed by atoms with Crippen LogP contribution in [0.3, 0.4) is 0 Å². The molecule has 3 heterocycles. The average Bonchev–Trinajstić information content (AvgIpc) is 3.35. The van der Waals surface area contributed by atoms with Crippen molar-refractivity contribution in [3.8, 4) is 11.5 Å². The molecule has 11 heteroatoms. The molecule has 0 bridgehead atoms. The molecule has 0 spiro atoms. The number of sulfone groups is 1. The second kappa shape index (κ2) is 7.46. The number of carbonyl (C=O) groups is 3. The van der Waals surface area contributed by atoms with E-state index in [-0.39, 0.29) is 41.6 Å². The Morgan fingerprint density at radius 3 is 2.60 bits per heavy atom. The summed E-state index contributed by atoms with van der Waals surface area (Å²) in [5, 5.41) is 2.73. The third-order valence-corrected chi connectivity index (χ3v) is 7.42. The Balaban J connectivity index is 1.61. The monoisotopic (exact) mass is 438 g/mol. The van der Waals surface area contributed by atoms with Crippen molar-refractivity contribution in [3.05, 3.63) is 23.3 Å². The first-order valence-electron chi connectivity index (χ1n) is 9.53. The molecule has 1 aromatic rings. The summed E-state index contributed by atoms with van der Waals surface area (Å²) in [5.74, 6) is -0.989. The van der Waals surface area contributed by atoms with Crippen molar-refractivity contribution in [1.29, 1.82) is 0 Å². The summed E-state index contributed by atoms with van der Waals surface area (Å²) in [4.78, 5) is 39.3. The molecular weight excluding hydrogens is 416 g/mol. The van der Waals surface area contributed by atoms with E-state index in [9.17, 15) is 22.8 Å². The number of esters is 1. The summed E-state index contributed by atoms with van der Waals surface area (Å²) in [5.41, 5.74) is 0.566. The van der Waals surface area contributed by atoms with Crippen molar-refractivity contribution < 1.29 is 37.0 Å². The second-order valence-corrected chi connectivity index (χ2v) is 9.72. The molecule has 2 saturated heterocycles. The van der Waals surface area contributed by atoms with Crippen LogP contribution in [0.5, 0.6) is 11.5 Å². The van der Waals surface area contributed by atoms with Gasteiger partial charge in [-0.1, -0.05) is 0 Å². The Labute approximate surface area is 173 Å². The zero-order valence-electron chi connectivity index (χ0n) is 16.5. The molecule has 1 aromatic carbocycles. The average molecular weight is 438 g/mol. The second-order valence-electron chi connectivity index (χ2n) is 7.49. The zero-order chi connectivity index (χ0) is 21.6. The Kier molecular flexibility index (Phi) is 5.08. The number of nitrogens with one attached hydrogen (secondary N) is 1. The highest BCUT2D eigenvalue weighted by Gasteiger charge is 2.48. The molecule has 3 aliphatic heterocycles. The fraction of sp³-hybridized carbons (Fsp3) is 0.526. The van der Waals surface area contributed by atoms with E-state index in [2.05, 4.69) is 5.32 Å². The highest BCUT2D eigenvalue weighted by atomic mass is 32.2. The van der Waals surface area contributed by atoms with Crippen LogP contribution in [-0.4, -0.2) is 68.9 Å². The van der Waals surface area contributed by atoms with Crippen molar-refractivity contribution >= 4 is 27.6 Å². The van der Waals surface area contributed by atoms with Gasteiger partial charge in [0.25, 0.3) is 0 Å². The van der Waals surface area contributed by atoms with Gasteiger partial charge in [0.1, 0.15) is 11.6 Å². The Morgan fingerprint density at radius 1 is 1.20 bits per heavy atom.